The van der Waals surface area contributed by atoms with Crippen LogP contribution in [0.5, 0.6) is 5.75 Å². The lowest BCUT2D eigenvalue weighted by Crippen LogP contribution is -2.29. The van der Waals surface area contributed by atoms with Gasteiger partial charge >= 0.3 is 5.97 Å². The predicted molar refractivity (Wildman–Crippen MR) is 141 cm³/mol. The number of furan rings is 1. The predicted octanol–water partition coefficient (Wildman–Crippen LogP) is 5.06. The number of amides is 1. The van der Waals surface area contributed by atoms with Crippen molar-refractivity contribution in [3.8, 4) is 11.8 Å². The lowest BCUT2D eigenvalue weighted by atomic mass is 9.84. The molecule has 37 heavy (non-hydrogen) atoms. The maximum Gasteiger partial charge on any atom is 0.337 e. The third kappa shape index (κ3) is 5.88. The molecule has 0 unspecified atom stereocenters. The van der Waals surface area contributed by atoms with Gasteiger partial charge in [0.15, 0.2) is 0 Å². The first-order valence-corrected chi connectivity index (χ1v) is 12.5. The summed E-state index contributed by atoms with van der Waals surface area (Å²) in [4.78, 5) is 26.0. The molecule has 1 aliphatic rings. The van der Waals surface area contributed by atoms with Crippen molar-refractivity contribution in [1.29, 1.82) is 5.26 Å². The monoisotopic (exact) mass is 515 g/mol. The van der Waals surface area contributed by atoms with Gasteiger partial charge in [-0.05, 0) is 36.8 Å². The molecule has 4 rings (SSSR count). The Hall–Kier alpha value is -4.42. The van der Waals surface area contributed by atoms with Gasteiger partial charge < -0.3 is 24.5 Å². The quantitative estimate of drug-likeness (QED) is 0.380. The molecule has 2 heterocycles. The number of thioether (sulfide) groups is 1. The molecule has 0 radical (unpaired) electrons. The van der Waals surface area contributed by atoms with E-state index in [9.17, 15) is 14.9 Å². The van der Waals surface area contributed by atoms with Gasteiger partial charge in [0.1, 0.15) is 11.5 Å². The second-order valence-corrected chi connectivity index (χ2v) is 8.86. The first-order valence-electron chi connectivity index (χ1n) is 11.5. The van der Waals surface area contributed by atoms with Crippen LogP contribution in [0.2, 0.25) is 0 Å². The summed E-state index contributed by atoms with van der Waals surface area (Å²) in [6.45, 7) is 1.90. The standard InChI is InChI=1S/C28H25N3O5S/c1-3-35-28(33)25-24(22-13-8-14-36-22)21(16-29)27(31-26(25)18-9-5-4-6-10-18)37-17-23(32)30-19-11-7-12-20(15-19)34-2/h4-15,24,31H,3,17H2,1-2H3,(H,30,32)/t24-/m1/s1. The summed E-state index contributed by atoms with van der Waals surface area (Å²) in [6, 6.07) is 22.0. The van der Waals surface area contributed by atoms with E-state index in [4.69, 9.17) is 13.9 Å². The van der Waals surface area contributed by atoms with Crippen molar-refractivity contribution < 1.29 is 23.5 Å². The van der Waals surface area contributed by atoms with Gasteiger partial charge in [-0.25, -0.2) is 4.79 Å². The van der Waals surface area contributed by atoms with Crippen LogP contribution >= 0.6 is 11.8 Å². The van der Waals surface area contributed by atoms with E-state index in [0.29, 0.717) is 27.9 Å². The van der Waals surface area contributed by atoms with Crippen LogP contribution < -0.4 is 15.4 Å². The Morgan fingerprint density at radius 2 is 1.95 bits per heavy atom. The number of anilines is 1. The molecule has 2 N–H and O–H groups in total. The fourth-order valence-electron chi connectivity index (χ4n) is 3.93. The minimum Gasteiger partial charge on any atom is -0.497 e. The number of allylic oxidation sites excluding steroid dienone is 1. The van der Waals surface area contributed by atoms with E-state index in [-0.39, 0.29) is 29.4 Å². The number of nitriles is 1. The van der Waals surface area contributed by atoms with Gasteiger partial charge in [0.05, 0.1) is 59.6 Å². The van der Waals surface area contributed by atoms with Crippen molar-refractivity contribution >= 4 is 35.0 Å². The number of hydrogen-bond donors (Lipinski definition) is 2. The molecule has 2 aromatic carbocycles. The van der Waals surface area contributed by atoms with Crippen LogP contribution in [0.4, 0.5) is 5.69 Å². The number of carbonyl (C=O) groups is 2. The second kappa shape index (κ2) is 12.0. The van der Waals surface area contributed by atoms with Gasteiger partial charge in [0.2, 0.25) is 5.91 Å². The highest BCUT2D eigenvalue weighted by Gasteiger charge is 2.38. The van der Waals surface area contributed by atoms with Gasteiger partial charge in [-0.1, -0.05) is 48.2 Å². The molecule has 188 valence electrons. The van der Waals surface area contributed by atoms with Crippen molar-refractivity contribution in [3.63, 3.8) is 0 Å². The van der Waals surface area contributed by atoms with Crippen LogP contribution in [0.1, 0.15) is 24.2 Å². The first-order chi connectivity index (χ1) is 18.0. The van der Waals surface area contributed by atoms with E-state index in [1.165, 1.54) is 18.0 Å². The molecular weight excluding hydrogens is 490 g/mol. The molecule has 1 atom stereocenters. The third-order valence-corrected chi connectivity index (χ3v) is 6.55. The van der Waals surface area contributed by atoms with E-state index in [1.54, 1.807) is 50.4 Å². The zero-order chi connectivity index (χ0) is 26.2. The van der Waals surface area contributed by atoms with Gasteiger partial charge in [0, 0.05) is 11.8 Å². The van der Waals surface area contributed by atoms with Gasteiger partial charge in [-0.15, -0.1) is 0 Å². The number of ether oxygens (including phenoxy) is 2. The lowest BCUT2D eigenvalue weighted by molar-refractivity contribution is -0.138. The molecular formula is C28H25N3O5S. The number of dihydropyridines is 1. The summed E-state index contributed by atoms with van der Waals surface area (Å²) >= 11 is 1.17. The average molecular weight is 516 g/mol. The molecule has 8 nitrogen and oxygen atoms in total. The Kier molecular flexibility index (Phi) is 8.33. The smallest absolute Gasteiger partial charge is 0.337 e. The number of hydrogen-bond acceptors (Lipinski definition) is 8. The topological polar surface area (TPSA) is 114 Å². The highest BCUT2D eigenvalue weighted by molar-refractivity contribution is 8.03. The minimum atomic E-state index is -0.806. The Morgan fingerprint density at radius 1 is 1.14 bits per heavy atom. The van der Waals surface area contributed by atoms with Crippen molar-refractivity contribution in [1.82, 2.24) is 5.32 Å². The number of benzene rings is 2. The molecule has 0 saturated carbocycles. The molecule has 1 aromatic heterocycles. The Balaban J connectivity index is 1.69. The SMILES string of the molecule is CCOC(=O)C1=C(c2ccccc2)NC(SCC(=O)Nc2cccc(OC)c2)=C(C#N)[C@@H]1c1ccco1. The van der Waals surface area contributed by atoms with Crippen LogP contribution in [-0.4, -0.2) is 31.3 Å². The summed E-state index contributed by atoms with van der Waals surface area (Å²) < 4.78 is 16.3. The number of nitrogens with one attached hydrogen (secondary N) is 2. The van der Waals surface area contributed by atoms with Crippen molar-refractivity contribution in [2.45, 2.75) is 12.8 Å². The Bertz CT molecular complexity index is 1370. The maximum atomic E-state index is 13.2. The minimum absolute atomic E-state index is 0.0202. The van der Waals surface area contributed by atoms with E-state index >= 15 is 0 Å². The van der Waals surface area contributed by atoms with Crippen molar-refractivity contribution in [2.24, 2.45) is 0 Å². The molecule has 0 saturated heterocycles. The van der Waals surface area contributed by atoms with Crippen LogP contribution in [-0.2, 0) is 14.3 Å². The molecule has 0 bridgehead atoms. The molecule has 0 fully saturated rings. The molecule has 0 aliphatic carbocycles. The fourth-order valence-corrected chi connectivity index (χ4v) is 4.77. The number of nitrogens with zero attached hydrogens (tertiary/aromatic N) is 1. The number of carbonyl (C=O) groups excluding carboxylic acids is 2. The third-order valence-electron chi connectivity index (χ3n) is 5.54. The van der Waals surface area contributed by atoms with Crippen LogP contribution in [0, 0.1) is 11.3 Å². The summed E-state index contributed by atoms with van der Waals surface area (Å²) in [7, 11) is 1.55. The van der Waals surface area contributed by atoms with Gasteiger partial charge in [-0.2, -0.15) is 5.26 Å². The van der Waals surface area contributed by atoms with E-state index in [0.717, 1.165) is 5.56 Å². The molecule has 9 heteroatoms. The van der Waals surface area contributed by atoms with Crippen molar-refractivity contribution in [3.05, 3.63) is 100 Å². The molecule has 1 amide bonds. The second-order valence-electron chi connectivity index (χ2n) is 7.87. The number of methoxy groups -OCH3 is 1. The van der Waals surface area contributed by atoms with Crippen molar-refractivity contribution in [2.75, 3.05) is 24.8 Å². The number of rotatable bonds is 9. The normalized spacial score (nSPS) is 15.0. The summed E-state index contributed by atoms with van der Waals surface area (Å²) in [5.41, 5.74) is 2.36. The molecule has 0 spiro atoms. The summed E-state index contributed by atoms with van der Waals surface area (Å²) in [6.07, 6.45) is 1.49. The lowest BCUT2D eigenvalue weighted by Gasteiger charge is -2.29. The average Bonchev–Trinajstić information content (AvgIpc) is 3.46. The van der Waals surface area contributed by atoms with E-state index in [2.05, 4.69) is 16.7 Å². The largest absolute Gasteiger partial charge is 0.497 e. The zero-order valence-electron chi connectivity index (χ0n) is 20.3. The van der Waals surface area contributed by atoms with Crippen LogP contribution in [0.3, 0.4) is 0 Å². The van der Waals surface area contributed by atoms with Gasteiger partial charge in [0.25, 0.3) is 0 Å². The first kappa shape index (κ1) is 25.7. The number of esters is 1. The van der Waals surface area contributed by atoms with Crippen LogP contribution in [0.25, 0.3) is 5.70 Å². The zero-order valence-corrected chi connectivity index (χ0v) is 21.1. The Morgan fingerprint density at radius 3 is 2.62 bits per heavy atom. The molecule has 3 aromatic rings. The highest BCUT2D eigenvalue weighted by Crippen LogP contribution is 2.43. The maximum absolute atomic E-state index is 13.2. The Labute approximate surface area is 218 Å². The highest BCUT2D eigenvalue weighted by atomic mass is 32.2. The van der Waals surface area contributed by atoms with E-state index < -0.39 is 11.9 Å². The van der Waals surface area contributed by atoms with E-state index in [1.807, 2.05) is 30.3 Å². The fraction of sp³-hybridized carbons (Fsp3) is 0.179. The van der Waals surface area contributed by atoms with Gasteiger partial charge in [-0.3, -0.25) is 4.79 Å². The summed E-state index contributed by atoms with van der Waals surface area (Å²) in [5.74, 6) is -0.553. The van der Waals surface area contributed by atoms with Crippen LogP contribution in [0.15, 0.2) is 93.6 Å². The molecule has 1 aliphatic heterocycles. The summed E-state index contributed by atoms with van der Waals surface area (Å²) in [5, 5.41) is 16.7.